The van der Waals surface area contributed by atoms with Crippen LogP contribution in [0.15, 0.2) is 0 Å². The smallest absolute Gasteiger partial charge is 0.288 e. The lowest BCUT2D eigenvalue weighted by molar-refractivity contribution is -0.196. The standard InChI is InChI=1S/C7H9F5OS/c1-4(13)14-3-2-5(8)6(9)7(10,11)12/h5-6H,2-3H2,1H3. The molecule has 0 N–H and O–H groups in total. The van der Waals surface area contributed by atoms with Crippen LogP contribution in [0, 0.1) is 0 Å². The Bertz CT molecular complexity index is 193. The molecule has 7 heteroatoms. The Morgan fingerprint density at radius 2 is 1.86 bits per heavy atom. The van der Waals surface area contributed by atoms with Gasteiger partial charge < -0.3 is 0 Å². The fraction of sp³-hybridized carbons (Fsp3) is 0.857. The van der Waals surface area contributed by atoms with Crippen molar-refractivity contribution in [1.29, 1.82) is 0 Å². The van der Waals surface area contributed by atoms with Gasteiger partial charge >= 0.3 is 6.18 Å². The Kier molecular flexibility index (Phi) is 5.40. The summed E-state index contributed by atoms with van der Waals surface area (Å²) in [5, 5.41) is -0.334. The highest BCUT2D eigenvalue weighted by Gasteiger charge is 2.45. The molecule has 0 saturated carbocycles. The lowest BCUT2D eigenvalue weighted by Gasteiger charge is -2.15. The lowest BCUT2D eigenvalue weighted by Crippen LogP contribution is -2.33. The van der Waals surface area contributed by atoms with Crippen molar-refractivity contribution in [3.63, 3.8) is 0 Å². The van der Waals surface area contributed by atoms with Crippen molar-refractivity contribution in [3.8, 4) is 0 Å². The molecule has 0 amide bonds. The Hall–Kier alpha value is -0.330. The summed E-state index contributed by atoms with van der Waals surface area (Å²) in [7, 11) is 0. The van der Waals surface area contributed by atoms with Gasteiger partial charge in [-0.15, -0.1) is 0 Å². The molecule has 0 saturated heterocycles. The first kappa shape index (κ1) is 13.7. The van der Waals surface area contributed by atoms with Gasteiger partial charge in [0.1, 0.15) is 6.17 Å². The van der Waals surface area contributed by atoms with Crippen LogP contribution in [-0.2, 0) is 4.79 Å². The minimum Gasteiger partial charge on any atom is -0.288 e. The van der Waals surface area contributed by atoms with Crippen molar-refractivity contribution in [2.75, 3.05) is 5.75 Å². The van der Waals surface area contributed by atoms with Gasteiger partial charge in [0.25, 0.3) is 0 Å². The minimum atomic E-state index is -5.17. The van der Waals surface area contributed by atoms with Gasteiger partial charge in [-0.3, -0.25) is 4.79 Å². The van der Waals surface area contributed by atoms with Gasteiger partial charge in [0.15, 0.2) is 5.12 Å². The van der Waals surface area contributed by atoms with Gasteiger partial charge in [0.2, 0.25) is 6.17 Å². The second kappa shape index (κ2) is 5.53. The molecular formula is C7H9F5OS. The molecule has 0 aromatic rings. The van der Waals surface area contributed by atoms with Gasteiger partial charge in [0.05, 0.1) is 0 Å². The third kappa shape index (κ3) is 5.41. The average Bonchev–Trinajstić information content (AvgIpc) is 2.00. The van der Waals surface area contributed by atoms with E-state index in [0.29, 0.717) is 11.8 Å². The summed E-state index contributed by atoms with van der Waals surface area (Å²) in [5.74, 6) is -0.146. The number of alkyl halides is 5. The van der Waals surface area contributed by atoms with Crippen LogP contribution in [0.25, 0.3) is 0 Å². The van der Waals surface area contributed by atoms with E-state index in [1.807, 2.05) is 0 Å². The van der Waals surface area contributed by atoms with Crippen LogP contribution in [0.3, 0.4) is 0 Å². The van der Waals surface area contributed by atoms with Crippen molar-refractivity contribution in [1.82, 2.24) is 0 Å². The van der Waals surface area contributed by atoms with Crippen LogP contribution >= 0.6 is 11.8 Å². The zero-order valence-corrected chi connectivity index (χ0v) is 8.09. The van der Waals surface area contributed by atoms with E-state index in [1.165, 1.54) is 6.92 Å². The summed E-state index contributed by atoms with van der Waals surface area (Å²) < 4.78 is 59.5. The lowest BCUT2D eigenvalue weighted by atomic mass is 10.2. The second-order valence-corrected chi connectivity index (χ2v) is 3.86. The first-order chi connectivity index (χ1) is 6.25. The molecule has 0 aromatic heterocycles. The topological polar surface area (TPSA) is 17.1 Å². The Labute approximate surface area is 82.0 Å². The van der Waals surface area contributed by atoms with Gasteiger partial charge in [-0.05, 0) is 6.42 Å². The largest absolute Gasteiger partial charge is 0.422 e. The summed E-state index contributed by atoms with van der Waals surface area (Å²) in [6.45, 7) is 1.20. The molecule has 0 aliphatic heterocycles. The predicted octanol–water partition coefficient (Wildman–Crippen LogP) is 2.89. The average molecular weight is 236 g/mol. The highest BCUT2D eigenvalue weighted by atomic mass is 32.2. The van der Waals surface area contributed by atoms with Gasteiger partial charge in [-0.25, -0.2) is 8.78 Å². The Morgan fingerprint density at radius 1 is 1.36 bits per heavy atom. The summed E-state index contributed by atoms with van der Waals surface area (Å²) in [6, 6.07) is 0. The molecule has 2 atom stereocenters. The van der Waals surface area contributed by atoms with Crippen LogP contribution < -0.4 is 0 Å². The SMILES string of the molecule is CC(=O)SCCC(F)C(F)C(F)(F)F. The van der Waals surface area contributed by atoms with E-state index in [-0.39, 0.29) is 10.9 Å². The molecule has 0 aliphatic carbocycles. The fourth-order valence-electron chi connectivity index (χ4n) is 0.667. The van der Waals surface area contributed by atoms with E-state index in [2.05, 4.69) is 0 Å². The Morgan fingerprint density at radius 3 is 2.21 bits per heavy atom. The number of halogens is 5. The molecule has 0 spiro atoms. The number of carbonyl (C=O) groups is 1. The maximum absolute atomic E-state index is 12.5. The van der Waals surface area contributed by atoms with Crippen LogP contribution in [0.4, 0.5) is 22.0 Å². The van der Waals surface area contributed by atoms with Crippen molar-refractivity contribution < 1.29 is 26.7 Å². The number of rotatable bonds is 4. The highest BCUT2D eigenvalue weighted by Crippen LogP contribution is 2.28. The quantitative estimate of drug-likeness (QED) is 0.698. The summed E-state index contributed by atoms with van der Waals surface area (Å²) >= 11 is 0.675. The van der Waals surface area contributed by atoms with Crippen molar-refractivity contribution >= 4 is 16.9 Å². The molecule has 1 nitrogen and oxygen atoms in total. The molecule has 0 rings (SSSR count). The number of hydrogen-bond donors (Lipinski definition) is 0. The zero-order chi connectivity index (χ0) is 11.4. The number of hydrogen-bond acceptors (Lipinski definition) is 2. The minimum absolute atomic E-state index is 0.146. The molecule has 0 bridgehead atoms. The maximum Gasteiger partial charge on any atom is 0.422 e. The first-order valence-corrected chi connectivity index (χ1v) is 4.72. The van der Waals surface area contributed by atoms with Crippen LogP contribution in [0.2, 0.25) is 0 Å². The normalized spacial score (nSPS) is 16.4. The van der Waals surface area contributed by atoms with Crippen LogP contribution in [-0.4, -0.2) is 29.4 Å². The molecule has 0 aromatic carbocycles. The van der Waals surface area contributed by atoms with Crippen LogP contribution in [0.1, 0.15) is 13.3 Å². The third-order valence-electron chi connectivity index (χ3n) is 1.33. The van der Waals surface area contributed by atoms with Gasteiger partial charge in [0, 0.05) is 12.7 Å². The maximum atomic E-state index is 12.5. The predicted molar refractivity (Wildman–Crippen MR) is 43.6 cm³/mol. The molecule has 0 heterocycles. The summed E-state index contributed by atoms with van der Waals surface area (Å²) in [6.07, 6.45) is -11.8. The van der Waals surface area contributed by atoms with Crippen molar-refractivity contribution in [2.45, 2.75) is 31.9 Å². The summed E-state index contributed by atoms with van der Waals surface area (Å²) in [4.78, 5) is 10.3. The first-order valence-electron chi connectivity index (χ1n) is 3.73. The van der Waals surface area contributed by atoms with Gasteiger partial charge in [-0.2, -0.15) is 13.2 Å². The Balaban J connectivity index is 3.84. The van der Waals surface area contributed by atoms with Crippen molar-refractivity contribution in [2.24, 2.45) is 0 Å². The molecule has 0 radical (unpaired) electrons. The number of carbonyl (C=O) groups excluding carboxylic acids is 1. The van der Waals surface area contributed by atoms with E-state index in [0.717, 1.165) is 0 Å². The third-order valence-corrected chi connectivity index (χ3v) is 2.18. The van der Waals surface area contributed by atoms with Crippen LogP contribution in [0.5, 0.6) is 0 Å². The molecule has 0 aliphatic rings. The molecule has 0 fully saturated rings. The molecular weight excluding hydrogens is 227 g/mol. The zero-order valence-electron chi connectivity index (χ0n) is 7.28. The monoisotopic (exact) mass is 236 g/mol. The highest BCUT2D eigenvalue weighted by molar-refractivity contribution is 8.13. The second-order valence-electron chi connectivity index (χ2n) is 2.59. The van der Waals surface area contributed by atoms with E-state index in [9.17, 15) is 26.7 Å². The number of thioether (sulfide) groups is 1. The van der Waals surface area contributed by atoms with Gasteiger partial charge in [-0.1, -0.05) is 11.8 Å². The molecule has 84 valence electrons. The molecule has 2 unspecified atom stereocenters. The van der Waals surface area contributed by atoms with E-state index >= 15 is 0 Å². The molecule has 14 heavy (non-hydrogen) atoms. The fourth-order valence-corrected chi connectivity index (χ4v) is 1.30. The van der Waals surface area contributed by atoms with E-state index < -0.39 is 24.9 Å². The van der Waals surface area contributed by atoms with E-state index in [1.54, 1.807) is 0 Å². The summed E-state index contributed by atoms with van der Waals surface area (Å²) in [5.41, 5.74) is 0. The van der Waals surface area contributed by atoms with Crippen molar-refractivity contribution in [3.05, 3.63) is 0 Å². The van der Waals surface area contributed by atoms with E-state index in [4.69, 9.17) is 0 Å².